The number of aryl methyl sites for hydroxylation is 2. The molecule has 0 radical (unpaired) electrons. The summed E-state index contributed by atoms with van der Waals surface area (Å²) in [5.41, 5.74) is 1.72. The van der Waals surface area contributed by atoms with Crippen molar-refractivity contribution in [2.45, 2.75) is 56.9 Å². The maximum atomic E-state index is 13.2. The summed E-state index contributed by atoms with van der Waals surface area (Å²) >= 11 is 0. The van der Waals surface area contributed by atoms with E-state index < -0.39 is 15.9 Å². The Bertz CT molecular complexity index is 1230. The lowest BCUT2D eigenvalue weighted by Crippen LogP contribution is -2.41. The minimum Gasteiger partial charge on any atom is -0.401 e. The van der Waals surface area contributed by atoms with Crippen molar-refractivity contribution < 1.29 is 17.6 Å². The number of aromatic nitrogens is 4. The van der Waals surface area contributed by atoms with Crippen LogP contribution >= 0.6 is 0 Å². The van der Waals surface area contributed by atoms with E-state index in [0.29, 0.717) is 12.2 Å². The number of hydrogen-bond acceptors (Lipinski definition) is 7. The fourth-order valence-corrected chi connectivity index (χ4v) is 5.96. The van der Waals surface area contributed by atoms with Gasteiger partial charge in [0, 0.05) is 25.2 Å². The lowest BCUT2D eigenvalue weighted by molar-refractivity contribution is 0.102. The highest BCUT2D eigenvalue weighted by Crippen LogP contribution is 2.28. The lowest BCUT2D eigenvalue weighted by Gasteiger charge is -2.32. The first-order chi connectivity index (χ1) is 15.8. The zero-order chi connectivity index (χ0) is 23.6. The summed E-state index contributed by atoms with van der Waals surface area (Å²) in [6.07, 6.45) is 5.03. The van der Waals surface area contributed by atoms with Crippen LogP contribution in [0.2, 0.25) is 0 Å². The van der Waals surface area contributed by atoms with Gasteiger partial charge in [-0.2, -0.15) is 9.40 Å². The molecule has 1 fully saturated rings. The van der Waals surface area contributed by atoms with Crippen LogP contribution in [0.25, 0.3) is 11.6 Å². The van der Waals surface area contributed by atoms with Gasteiger partial charge in [0.25, 0.3) is 11.8 Å². The third-order valence-corrected chi connectivity index (χ3v) is 7.92. The molecule has 0 saturated heterocycles. The molecule has 1 aromatic carbocycles. The predicted octanol–water partition coefficient (Wildman–Crippen LogP) is 3.37. The summed E-state index contributed by atoms with van der Waals surface area (Å²) < 4.78 is 35.1. The van der Waals surface area contributed by atoms with Gasteiger partial charge in [-0.05, 0) is 50.1 Å². The SMILES string of the molecule is CCN(C1CCCCC1)S(=O)(=O)c1ccc(C(=O)Nc2nnc(-c3cc(C)nn3C)o2)cc1. The number of hydrogen-bond donors (Lipinski definition) is 1. The average molecular weight is 473 g/mol. The molecule has 1 aliphatic rings. The van der Waals surface area contributed by atoms with Crippen molar-refractivity contribution >= 4 is 21.9 Å². The second-order valence-electron chi connectivity index (χ2n) is 8.19. The number of rotatable bonds is 7. The number of sulfonamides is 1. The van der Waals surface area contributed by atoms with Gasteiger partial charge in [-0.15, -0.1) is 5.10 Å². The maximum Gasteiger partial charge on any atom is 0.322 e. The Labute approximate surface area is 193 Å². The molecular formula is C22H28N6O4S. The molecule has 0 unspecified atom stereocenters. The van der Waals surface area contributed by atoms with E-state index in [1.165, 1.54) is 24.3 Å². The van der Waals surface area contributed by atoms with Crippen molar-refractivity contribution in [3.63, 3.8) is 0 Å². The van der Waals surface area contributed by atoms with Gasteiger partial charge in [-0.3, -0.25) is 14.8 Å². The smallest absolute Gasteiger partial charge is 0.322 e. The quantitative estimate of drug-likeness (QED) is 0.559. The van der Waals surface area contributed by atoms with Crippen molar-refractivity contribution in [3.05, 3.63) is 41.6 Å². The highest BCUT2D eigenvalue weighted by molar-refractivity contribution is 7.89. The second kappa shape index (κ2) is 9.44. The summed E-state index contributed by atoms with van der Waals surface area (Å²) in [5.74, 6) is -0.243. The number of nitrogens with zero attached hydrogens (tertiary/aromatic N) is 5. The normalized spacial score (nSPS) is 15.2. The van der Waals surface area contributed by atoms with Gasteiger partial charge in [0.15, 0.2) is 0 Å². The van der Waals surface area contributed by atoms with Gasteiger partial charge in [0.2, 0.25) is 10.0 Å². The molecule has 0 aliphatic heterocycles. The van der Waals surface area contributed by atoms with Crippen LogP contribution in [0.5, 0.6) is 0 Å². The number of carbonyl (C=O) groups excluding carboxylic acids is 1. The first-order valence-corrected chi connectivity index (χ1v) is 12.5. The van der Waals surface area contributed by atoms with Crippen molar-refractivity contribution in [2.75, 3.05) is 11.9 Å². The molecule has 11 heteroatoms. The number of carbonyl (C=O) groups is 1. The second-order valence-corrected chi connectivity index (χ2v) is 10.1. The van der Waals surface area contributed by atoms with Crippen LogP contribution < -0.4 is 5.32 Å². The topological polar surface area (TPSA) is 123 Å². The van der Waals surface area contributed by atoms with Crippen LogP contribution in [-0.2, 0) is 17.1 Å². The number of nitrogens with one attached hydrogen (secondary N) is 1. The third kappa shape index (κ3) is 4.83. The lowest BCUT2D eigenvalue weighted by atomic mass is 9.95. The van der Waals surface area contributed by atoms with Gasteiger partial charge in [0.05, 0.1) is 10.6 Å². The Morgan fingerprint density at radius 3 is 2.48 bits per heavy atom. The van der Waals surface area contributed by atoms with Gasteiger partial charge in [-0.1, -0.05) is 31.3 Å². The van der Waals surface area contributed by atoms with E-state index >= 15 is 0 Å². The minimum absolute atomic E-state index is 0.0339. The molecule has 1 aliphatic carbocycles. The van der Waals surface area contributed by atoms with Gasteiger partial charge in [0.1, 0.15) is 5.69 Å². The highest BCUT2D eigenvalue weighted by atomic mass is 32.2. The van der Waals surface area contributed by atoms with Gasteiger partial charge < -0.3 is 4.42 Å². The Morgan fingerprint density at radius 1 is 1.18 bits per heavy atom. The van der Waals surface area contributed by atoms with Crippen molar-refractivity contribution in [2.24, 2.45) is 7.05 Å². The fraction of sp³-hybridized carbons (Fsp3) is 0.455. The standard InChI is InChI=1S/C22H28N6O4S/c1-4-28(17-8-6-5-7-9-17)33(30,31)18-12-10-16(11-13-18)20(29)23-22-25-24-21(32-22)19-14-15(2)26-27(19)3/h10-14,17H,4-9H2,1-3H3,(H,23,25,29). The molecule has 0 spiro atoms. The number of benzene rings is 1. The molecule has 0 atom stereocenters. The van der Waals surface area contributed by atoms with Gasteiger partial charge in [-0.25, -0.2) is 8.42 Å². The van der Waals surface area contributed by atoms with Crippen molar-refractivity contribution in [1.29, 1.82) is 0 Å². The Morgan fingerprint density at radius 2 is 1.88 bits per heavy atom. The van der Waals surface area contributed by atoms with Crippen molar-refractivity contribution in [3.8, 4) is 11.6 Å². The van der Waals surface area contributed by atoms with E-state index in [9.17, 15) is 13.2 Å². The molecule has 10 nitrogen and oxygen atoms in total. The van der Waals surface area contributed by atoms with E-state index in [1.807, 2.05) is 13.8 Å². The van der Waals surface area contributed by atoms with E-state index in [4.69, 9.17) is 4.42 Å². The molecule has 3 aromatic rings. The predicted molar refractivity (Wildman–Crippen MR) is 122 cm³/mol. The zero-order valence-corrected chi connectivity index (χ0v) is 19.8. The number of amides is 1. The van der Waals surface area contributed by atoms with E-state index in [2.05, 4.69) is 20.6 Å². The van der Waals surface area contributed by atoms with E-state index in [-0.39, 0.29) is 28.4 Å². The van der Waals surface area contributed by atoms with E-state index in [0.717, 1.165) is 37.8 Å². The first-order valence-electron chi connectivity index (χ1n) is 11.1. The van der Waals surface area contributed by atoms with E-state index in [1.54, 1.807) is 22.1 Å². The van der Waals surface area contributed by atoms with Crippen molar-refractivity contribution in [1.82, 2.24) is 24.3 Å². The van der Waals surface area contributed by atoms with Crippen LogP contribution in [0.4, 0.5) is 6.01 Å². The Balaban J connectivity index is 1.46. The summed E-state index contributed by atoms with van der Waals surface area (Å²) in [6, 6.07) is 7.68. The number of anilines is 1. The minimum atomic E-state index is -3.63. The summed E-state index contributed by atoms with van der Waals surface area (Å²) in [4.78, 5) is 12.8. The molecule has 2 aromatic heterocycles. The summed E-state index contributed by atoms with van der Waals surface area (Å²) in [5, 5.41) is 14.6. The molecule has 176 valence electrons. The van der Waals surface area contributed by atoms with Crippen LogP contribution in [0.3, 0.4) is 0 Å². The van der Waals surface area contributed by atoms with Gasteiger partial charge >= 0.3 is 6.01 Å². The fourth-order valence-electron chi connectivity index (χ4n) is 4.26. The Kier molecular flexibility index (Phi) is 6.61. The van der Waals surface area contributed by atoms with Crippen LogP contribution in [-0.4, -0.2) is 51.2 Å². The van der Waals surface area contributed by atoms with Crippen LogP contribution in [0.15, 0.2) is 39.6 Å². The largest absolute Gasteiger partial charge is 0.401 e. The van der Waals surface area contributed by atoms with Crippen LogP contribution in [0, 0.1) is 6.92 Å². The zero-order valence-electron chi connectivity index (χ0n) is 19.0. The average Bonchev–Trinajstić information content (AvgIpc) is 3.40. The molecule has 0 bridgehead atoms. The summed E-state index contributed by atoms with van der Waals surface area (Å²) in [6.45, 7) is 4.13. The van der Waals surface area contributed by atoms with Crippen LogP contribution in [0.1, 0.15) is 55.1 Å². The maximum absolute atomic E-state index is 13.2. The molecule has 2 heterocycles. The molecule has 4 rings (SSSR count). The first kappa shape index (κ1) is 23.1. The molecule has 1 amide bonds. The molecule has 1 N–H and O–H groups in total. The molecular weight excluding hydrogens is 444 g/mol. The highest BCUT2D eigenvalue weighted by Gasteiger charge is 2.31. The third-order valence-electron chi connectivity index (χ3n) is 5.88. The monoisotopic (exact) mass is 472 g/mol. The molecule has 1 saturated carbocycles. The Hall–Kier alpha value is -3.05. The summed E-state index contributed by atoms with van der Waals surface area (Å²) in [7, 11) is -1.87. The molecule has 33 heavy (non-hydrogen) atoms.